The van der Waals surface area contributed by atoms with Crippen LogP contribution in [0.25, 0.3) is 0 Å². The van der Waals surface area contributed by atoms with Crippen LogP contribution in [0.1, 0.15) is 25.1 Å². The first-order valence-corrected chi connectivity index (χ1v) is 5.39. The van der Waals surface area contributed by atoms with Gasteiger partial charge in [0.25, 0.3) is 0 Å². The highest BCUT2D eigenvalue weighted by Gasteiger charge is 2.20. The zero-order valence-corrected chi connectivity index (χ0v) is 8.94. The van der Waals surface area contributed by atoms with Crippen LogP contribution >= 0.6 is 0 Å². The van der Waals surface area contributed by atoms with Gasteiger partial charge in [-0.15, -0.1) is 0 Å². The largest absolute Gasteiger partial charge is 0.496 e. The highest BCUT2D eigenvalue weighted by molar-refractivity contribution is 5.20. The third-order valence-electron chi connectivity index (χ3n) is 2.41. The fourth-order valence-corrected chi connectivity index (χ4v) is 1.74. The Morgan fingerprint density at radius 2 is 2.47 bits per heavy atom. The van der Waals surface area contributed by atoms with Crippen LogP contribution < -0.4 is 5.32 Å². The van der Waals surface area contributed by atoms with Crippen LogP contribution in [0.5, 0.6) is 0 Å². The molecule has 0 amide bonds. The van der Waals surface area contributed by atoms with Crippen molar-refractivity contribution >= 4 is 0 Å². The van der Waals surface area contributed by atoms with Gasteiger partial charge in [0.05, 0.1) is 12.3 Å². The van der Waals surface area contributed by atoms with Gasteiger partial charge in [-0.1, -0.05) is 13.0 Å². The molecule has 3 heteroatoms. The molecule has 1 aliphatic rings. The number of ether oxygens (including phenoxy) is 1. The van der Waals surface area contributed by atoms with Crippen LogP contribution in [0.4, 0.5) is 0 Å². The van der Waals surface area contributed by atoms with E-state index in [1.165, 1.54) is 0 Å². The minimum absolute atomic E-state index is 0.110. The molecule has 2 rings (SSSR count). The van der Waals surface area contributed by atoms with Crippen molar-refractivity contribution in [2.24, 2.45) is 0 Å². The fourth-order valence-electron chi connectivity index (χ4n) is 1.74. The van der Waals surface area contributed by atoms with E-state index in [2.05, 4.69) is 23.3 Å². The topological polar surface area (TPSA) is 34.1 Å². The van der Waals surface area contributed by atoms with E-state index in [0.29, 0.717) is 0 Å². The molecule has 0 fully saturated rings. The summed E-state index contributed by atoms with van der Waals surface area (Å²) >= 11 is 0. The van der Waals surface area contributed by atoms with Crippen LogP contribution in [-0.4, -0.2) is 18.1 Å². The Bertz CT molecular complexity index is 335. The predicted molar refractivity (Wildman–Crippen MR) is 59.3 cm³/mol. The molecular formula is C12H16N2O. The molecule has 0 saturated carbocycles. The number of hydrogen-bond donors (Lipinski definition) is 1. The van der Waals surface area contributed by atoms with Gasteiger partial charge >= 0.3 is 0 Å². The molecule has 1 aromatic heterocycles. The first-order valence-electron chi connectivity index (χ1n) is 5.39. The average Bonchev–Trinajstić information content (AvgIpc) is 2.80. The SMILES string of the molecule is CCNC(C1=CCCO1)c1ccccn1. The van der Waals surface area contributed by atoms with Crippen molar-refractivity contribution in [3.05, 3.63) is 41.9 Å². The number of likely N-dealkylation sites (N-methyl/N-ethyl adjacent to an activating group) is 1. The molecule has 0 spiro atoms. The molecule has 15 heavy (non-hydrogen) atoms. The zero-order chi connectivity index (χ0) is 10.5. The Morgan fingerprint density at radius 3 is 3.07 bits per heavy atom. The highest BCUT2D eigenvalue weighted by atomic mass is 16.5. The third kappa shape index (κ3) is 2.36. The maximum absolute atomic E-state index is 5.58. The van der Waals surface area contributed by atoms with Crippen molar-refractivity contribution in [1.82, 2.24) is 10.3 Å². The van der Waals surface area contributed by atoms with E-state index in [0.717, 1.165) is 31.0 Å². The van der Waals surface area contributed by atoms with Gasteiger partial charge < -0.3 is 10.1 Å². The molecule has 1 aliphatic heterocycles. The zero-order valence-electron chi connectivity index (χ0n) is 8.94. The van der Waals surface area contributed by atoms with Crippen molar-refractivity contribution in [3.63, 3.8) is 0 Å². The van der Waals surface area contributed by atoms with Crippen LogP contribution in [0.3, 0.4) is 0 Å². The highest BCUT2D eigenvalue weighted by Crippen LogP contribution is 2.24. The van der Waals surface area contributed by atoms with E-state index < -0.39 is 0 Å². The standard InChI is InChI=1S/C12H16N2O/c1-2-13-12(11-7-5-9-15-11)10-6-3-4-8-14-10/h3-4,6-8,12-13H,2,5,9H2,1H3. The summed E-state index contributed by atoms with van der Waals surface area (Å²) in [5, 5.41) is 3.39. The first-order chi connectivity index (χ1) is 7.42. The lowest BCUT2D eigenvalue weighted by molar-refractivity contribution is 0.215. The Labute approximate surface area is 90.2 Å². The quantitative estimate of drug-likeness (QED) is 0.815. The number of nitrogens with one attached hydrogen (secondary N) is 1. The summed E-state index contributed by atoms with van der Waals surface area (Å²) in [6.45, 7) is 3.79. The number of hydrogen-bond acceptors (Lipinski definition) is 3. The summed E-state index contributed by atoms with van der Waals surface area (Å²) < 4.78 is 5.58. The molecule has 0 radical (unpaired) electrons. The fraction of sp³-hybridized carbons (Fsp3) is 0.417. The normalized spacial score (nSPS) is 17.0. The summed E-state index contributed by atoms with van der Waals surface area (Å²) in [6.07, 6.45) is 4.96. The lowest BCUT2D eigenvalue weighted by Gasteiger charge is -2.18. The summed E-state index contributed by atoms with van der Waals surface area (Å²) in [4.78, 5) is 4.36. The average molecular weight is 204 g/mol. The molecule has 1 aromatic rings. The summed E-state index contributed by atoms with van der Waals surface area (Å²) in [6, 6.07) is 6.06. The van der Waals surface area contributed by atoms with E-state index in [-0.39, 0.29) is 6.04 Å². The van der Waals surface area contributed by atoms with Gasteiger partial charge in [-0.3, -0.25) is 4.98 Å². The van der Waals surface area contributed by atoms with Crippen LogP contribution in [0.2, 0.25) is 0 Å². The van der Waals surface area contributed by atoms with Gasteiger partial charge in [-0.25, -0.2) is 0 Å². The van der Waals surface area contributed by atoms with Crippen LogP contribution in [0.15, 0.2) is 36.2 Å². The lowest BCUT2D eigenvalue weighted by atomic mass is 10.1. The second-order valence-electron chi connectivity index (χ2n) is 3.49. The Hall–Kier alpha value is -1.35. The monoisotopic (exact) mass is 204 g/mol. The van der Waals surface area contributed by atoms with E-state index in [4.69, 9.17) is 4.74 Å². The molecule has 1 unspecified atom stereocenters. The lowest BCUT2D eigenvalue weighted by Crippen LogP contribution is -2.23. The number of nitrogens with zero attached hydrogens (tertiary/aromatic N) is 1. The van der Waals surface area contributed by atoms with Gasteiger partial charge in [0.2, 0.25) is 0 Å². The molecule has 80 valence electrons. The number of pyridine rings is 1. The van der Waals surface area contributed by atoms with Gasteiger partial charge in [-0.05, 0) is 24.8 Å². The number of aromatic nitrogens is 1. The second kappa shape index (κ2) is 4.94. The molecule has 3 nitrogen and oxygen atoms in total. The van der Waals surface area contributed by atoms with E-state index >= 15 is 0 Å². The third-order valence-corrected chi connectivity index (χ3v) is 2.41. The van der Waals surface area contributed by atoms with Gasteiger partial charge in [0.15, 0.2) is 0 Å². The molecule has 2 heterocycles. The van der Waals surface area contributed by atoms with Crippen molar-refractivity contribution < 1.29 is 4.74 Å². The van der Waals surface area contributed by atoms with Crippen LogP contribution in [0, 0.1) is 0 Å². The molecule has 0 bridgehead atoms. The second-order valence-corrected chi connectivity index (χ2v) is 3.49. The molecule has 0 aliphatic carbocycles. The summed E-state index contributed by atoms with van der Waals surface area (Å²) in [5.41, 5.74) is 1.02. The predicted octanol–water partition coefficient (Wildman–Crippen LogP) is 2.04. The van der Waals surface area contributed by atoms with Crippen molar-refractivity contribution in [2.75, 3.05) is 13.2 Å². The molecule has 1 atom stereocenters. The first kappa shape index (κ1) is 10.2. The van der Waals surface area contributed by atoms with Crippen molar-refractivity contribution in [1.29, 1.82) is 0 Å². The van der Waals surface area contributed by atoms with E-state index in [9.17, 15) is 0 Å². The van der Waals surface area contributed by atoms with Gasteiger partial charge in [-0.2, -0.15) is 0 Å². The summed E-state index contributed by atoms with van der Waals surface area (Å²) in [5.74, 6) is 1.01. The number of rotatable bonds is 4. The maximum Gasteiger partial charge on any atom is 0.115 e. The Morgan fingerprint density at radius 1 is 1.53 bits per heavy atom. The molecule has 1 N–H and O–H groups in total. The minimum atomic E-state index is 0.110. The van der Waals surface area contributed by atoms with E-state index in [1.54, 1.807) is 0 Å². The van der Waals surface area contributed by atoms with Gasteiger partial charge in [0.1, 0.15) is 11.8 Å². The Balaban J connectivity index is 2.19. The Kier molecular flexibility index (Phi) is 3.35. The molecule has 0 saturated heterocycles. The summed E-state index contributed by atoms with van der Waals surface area (Å²) in [7, 11) is 0. The smallest absolute Gasteiger partial charge is 0.115 e. The van der Waals surface area contributed by atoms with E-state index in [1.807, 2.05) is 24.4 Å². The molecule has 0 aromatic carbocycles. The van der Waals surface area contributed by atoms with Crippen LogP contribution in [-0.2, 0) is 4.74 Å². The molecular weight excluding hydrogens is 188 g/mol. The van der Waals surface area contributed by atoms with Crippen molar-refractivity contribution in [2.45, 2.75) is 19.4 Å². The van der Waals surface area contributed by atoms with Gasteiger partial charge in [0, 0.05) is 12.6 Å². The minimum Gasteiger partial charge on any atom is -0.496 e. The van der Waals surface area contributed by atoms with Crippen molar-refractivity contribution in [3.8, 4) is 0 Å². The maximum atomic E-state index is 5.58.